The van der Waals surface area contributed by atoms with Crippen LogP contribution in [0, 0.1) is 0 Å². The molecule has 198 valence electrons. The second kappa shape index (κ2) is 9.39. The molecule has 1 saturated heterocycles. The zero-order valence-corrected chi connectivity index (χ0v) is 20.0. The van der Waals surface area contributed by atoms with E-state index in [0.717, 1.165) is 11.5 Å². The maximum Gasteiger partial charge on any atom is 0.490 e. The van der Waals surface area contributed by atoms with Crippen LogP contribution in [0.4, 0.5) is 10.3 Å². The predicted octanol–water partition coefficient (Wildman–Crippen LogP) is -1.00. The highest BCUT2D eigenvalue weighted by atomic mass is 31.3. The number of nitrogens with two attached hydrogens (primary N) is 1. The number of halogens is 1. The Bertz CT molecular complexity index is 1310. The van der Waals surface area contributed by atoms with E-state index >= 15 is 0 Å². The molecule has 0 saturated carbocycles. The molecule has 9 N–H and O–H groups in total. The number of nitrogens with one attached hydrogen (secondary N) is 1. The molecule has 3 rings (SSSR count). The van der Waals surface area contributed by atoms with E-state index in [1.807, 2.05) is 0 Å². The maximum absolute atomic E-state index is 13.9. The van der Waals surface area contributed by atoms with Gasteiger partial charge >= 0.3 is 23.5 Å². The van der Waals surface area contributed by atoms with Gasteiger partial charge in [-0.3, -0.25) is 14.3 Å². The van der Waals surface area contributed by atoms with Crippen LogP contribution < -0.4 is 11.3 Å². The molecule has 3 heterocycles. The van der Waals surface area contributed by atoms with Gasteiger partial charge in [-0.2, -0.15) is 13.6 Å². The number of hydrogen-bond donors (Lipinski definition) is 8. The molecule has 2 aromatic heterocycles. The average molecular weight is 568 g/mol. The number of anilines is 1. The second-order valence-electron chi connectivity index (χ2n) is 7.34. The highest BCUT2D eigenvalue weighted by molar-refractivity contribution is 7.66. The summed E-state index contributed by atoms with van der Waals surface area (Å²) in [6, 6.07) is 1.23. The van der Waals surface area contributed by atoms with Crippen LogP contribution in [0.25, 0.3) is 11.0 Å². The number of phosphoric acid groups is 3. The number of aromatic nitrogens is 3. The Kier molecular flexibility index (Phi) is 7.52. The molecule has 22 heteroatoms. The van der Waals surface area contributed by atoms with Crippen molar-refractivity contribution in [3.63, 3.8) is 0 Å². The summed E-state index contributed by atoms with van der Waals surface area (Å²) in [4.78, 5) is 54.2. The summed E-state index contributed by atoms with van der Waals surface area (Å²) in [5, 5.41) is 21.3. The van der Waals surface area contributed by atoms with Crippen LogP contribution in [0.5, 0.6) is 0 Å². The van der Waals surface area contributed by atoms with Crippen LogP contribution in [0.3, 0.4) is 0 Å². The number of ether oxygens (including phenoxy) is 1. The molecular weight excluding hydrogens is 548 g/mol. The number of fused-ring (bicyclic) bond motifs is 1. The quantitative estimate of drug-likeness (QED) is 0.168. The first-order valence-corrected chi connectivity index (χ1v) is 13.7. The van der Waals surface area contributed by atoms with Gasteiger partial charge in [-0.25, -0.2) is 18.1 Å². The Morgan fingerprint density at radius 2 is 1.91 bits per heavy atom. The molecular formula is C13H20FN4O14P3. The normalized spacial score (nSPS) is 29.7. The third-order valence-electron chi connectivity index (χ3n) is 4.78. The number of aliphatic hydroxyl groups excluding tert-OH is 1. The van der Waals surface area contributed by atoms with Gasteiger partial charge in [0.25, 0.3) is 5.56 Å². The van der Waals surface area contributed by atoms with Crippen LogP contribution in [0.15, 0.2) is 17.1 Å². The molecule has 0 aromatic carbocycles. The molecule has 1 aliphatic rings. The summed E-state index contributed by atoms with van der Waals surface area (Å²) >= 11 is 0. The van der Waals surface area contributed by atoms with Crippen LogP contribution in [0.1, 0.15) is 13.2 Å². The van der Waals surface area contributed by atoms with Crippen LogP contribution in [-0.4, -0.2) is 74.9 Å². The lowest BCUT2D eigenvalue weighted by atomic mass is 9.93. The Labute approximate surface area is 193 Å². The lowest BCUT2D eigenvalue weighted by Crippen LogP contribution is -2.50. The minimum atomic E-state index is -5.83. The molecule has 3 unspecified atom stereocenters. The van der Waals surface area contributed by atoms with E-state index < -0.39 is 65.8 Å². The van der Waals surface area contributed by atoms with E-state index in [1.54, 1.807) is 0 Å². The standard InChI is InChI=1S/C13H20FN4O14P3/c1-5(30-34(25,26)32-35(27,28)31-33(22,23)24)7-8(19)13(21,4-14)11(29-7)18-3-2-6-9(18)16-12(15)17-10(6)20/h2-3,5,7-8,11,19,21H,4H2,1H3,(H,25,26)(H,27,28)(H2,22,23,24)(H3,15,16,17,20)/t5-,7+,8-,11+,13?/m0/s1. The SMILES string of the molecule is C[C@H](OP(=O)(O)OP(=O)(O)OP(=O)(O)O)[C@H]1O[C@@H](n2ccc3c(=O)[nH]c(N)nc32)C(O)(CF)[C@H]1O. The van der Waals surface area contributed by atoms with Gasteiger partial charge in [0.05, 0.1) is 11.5 Å². The Morgan fingerprint density at radius 3 is 2.49 bits per heavy atom. The number of aliphatic hydroxyl groups is 2. The fraction of sp³-hybridized carbons (Fsp3) is 0.538. The van der Waals surface area contributed by atoms with Crippen molar-refractivity contribution in [3.8, 4) is 0 Å². The fourth-order valence-corrected chi connectivity index (χ4v) is 6.61. The van der Waals surface area contributed by atoms with Crippen molar-refractivity contribution in [1.82, 2.24) is 14.5 Å². The largest absolute Gasteiger partial charge is 0.490 e. The monoisotopic (exact) mass is 568 g/mol. The van der Waals surface area contributed by atoms with E-state index in [1.165, 1.54) is 12.3 Å². The van der Waals surface area contributed by atoms with Crippen molar-refractivity contribution in [2.75, 3.05) is 12.4 Å². The lowest BCUT2D eigenvalue weighted by molar-refractivity contribution is -0.119. The topological polar surface area (TPSA) is 286 Å². The van der Waals surface area contributed by atoms with Gasteiger partial charge in [-0.15, -0.1) is 0 Å². The molecule has 0 aliphatic carbocycles. The van der Waals surface area contributed by atoms with Gasteiger partial charge in [-0.05, 0) is 13.0 Å². The predicted molar refractivity (Wildman–Crippen MR) is 110 cm³/mol. The highest BCUT2D eigenvalue weighted by Gasteiger charge is 2.59. The summed E-state index contributed by atoms with van der Waals surface area (Å²) in [5.74, 6) is -0.331. The Balaban J connectivity index is 1.88. The Hall–Kier alpha value is -1.56. The summed E-state index contributed by atoms with van der Waals surface area (Å²) in [6.45, 7) is -0.669. The number of hydrogen-bond acceptors (Lipinski definition) is 12. The van der Waals surface area contributed by atoms with Gasteiger partial charge < -0.3 is 44.8 Å². The van der Waals surface area contributed by atoms with E-state index in [0.29, 0.717) is 0 Å². The summed E-state index contributed by atoms with van der Waals surface area (Å²) in [5.41, 5.74) is 1.95. The average Bonchev–Trinajstić information content (AvgIpc) is 3.18. The molecule has 7 atom stereocenters. The van der Waals surface area contributed by atoms with Gasteiger partial charge in [-0.1, -0.05) is 0 Å². The van der Waals surface area contributed by atoms with E-state index in [4.69, 9.17) is 20.3 Å². The first-order chi connectivity index (χ1) is 15.9. The van der Waals surface area contributed by atoms with E-state index in [9.17, 15) is 42.9 Å². The van der Waals surface area contributed by atoms with Gasteiger partial charge in [0, 0.05) is 6.20 Å². The highest BCUT2D eigenvalue weighted by Crippen LogP contribution is 2.66. The second-order valence-corrected chi connectivity index (χ2v) is 11.7. The molecule has 1 aliphatic heterocycles. The number of alkyl halides is 1. The third-order valence-corrected chi connectivity index (χ3v) is 8.71. The third kappa shape index (κ3) is 5.89. The zero-order valence-electron chi connectivity index (χ0n) is 17.3. The summed E-state index contributed by atoms with van der Waals surface area (Å²) < 4.78 is 66.4. The molecule has 35 heavy (non-hydrogen) atoms. The molecule has 18 nitrogen and oxygen atoms in total. The summed E-state index contributed by atoms with van der Waals surface area (Å²) in [7, 11) is -17.1. The number of rotatable bonds is 9. The zero-order chi connectivity index (χ0) is 26.6. The molecule has 1 fully saturated rings. The first-order valence-electron chi connectivity index (χ1n) is 9.19. The first kappa shape index (κ1) is 28.0. The van der Waals surface area contributed by atoms with Crippen molar-refractivity contribution in [2.24, 2.45) is 0 Å². The van der Waals surface area contributed by atoms with Crippen LogP contribution in [-0.2, 0) is 31.6 Å². The molecule has 2 aromatic rings. The van der Waals surface area contributed by atoms with Crippen molar-refractivity contribution in [3.05, 3.63) is 22.6 Å². The number of H-pyrrole nitrogens is 1. The Morgan fingerprint density at radius 1 is 1.29 bits per heavy atom. The van der Waals surface area contributed by atoms with Crippen molar-refractivity contribution in [2.45, 2.75) is 37.1 Å². The molecule has 0 amide bonds. The molecule has 0 bridgehead atoms. The van der Waals surface area contributed by atoms with E-state index in [-0.39, 0.29) is 17.0 Å². The van der Waals surface area contributed by atoms with E-state index in [2.05, 4.69) is 23.1 Å². The summed E-state index contributed by atoms with van der Waals surface area (Å²) in [6.07, 6.45) is -6.37. The van der Waals surface area contributed by atoms with Gasteiger partial charge in [0.15, 0.2) is 17.5 Å². The molecule has 0 radical (unpaired) electrons. The minimum absolute atomic E-state index is 0.0386. The maximum atomic E-state index is 13.9. The number of phosphoric ester groups is 1. The minimum Gasteiger partial charge on any atom is -0.387 e. The van der Waals surface area contributed by atoms with Crippen LogP contribution >= 0.6 is 23.5 Å². The van der Waals surface area contributed by atoms with Gasteiger partial charge in [0.1, 0.15) is 18.9 Å². The van der Waals surface area contributed by atoms with Gasteiger partial charge in [0.2, 0.25) is 5.95 Å². The van der Waals surface area contributed by atoms with Crippen molar-refractivity contribution in [1.29, 1.82) is 0 Å². The smallest absolute Gasteiger partial charge is 0.387 e. The number of nitrogens with zero attached hydrogens (tertiary/aromatic N) is 2. The van der Waals surface area contributed by atoms with Crippen molar-refractivity contribution >= 4 is 40.4 Å². The fourth-order valence-electron chi connectivity index (χ4n) is 3.41. The molecule has 0 spiro atoms. The number of nitrogen functional groups attached to an aromatic ring is 1. The number of aromatic amines is 1. The lowest BCUT2D eigenvalue weighted by Gasteiger charge is -2.29. The van der Waals surface area contributed by atoms with Crippen molar-refractivity contribution < 1.29 is 65.8 Å². The van der Waals surface area contributed by atoms with Crippen LogP contribution in [0.2, 0.25) is 0 Å².